The molecule has 0 aliphatic heterocycles. The summed E-state index contributed by atoms with van der Waals surface area (Å²) in [6, 6.07) is 14.5. The van der Waals surface area contributed by atoms with E-state index in [1.807, 2.05) is 37.3 Å². The first kappa shape index (κ1) is 12.6. The molecule has 1 atom stereocenters. The summed E-state index contributed by atoms with van der Waals surface area (Å²) in [5.41, 5.74) is 8.45. The molecule has 2 nitrogen and oxygen atoms in total. The Morgan fingerprint density at radius 3 is 2.39 bits per heavy atom. The molecule has 3 heteroatoms. The molecule has 1 unspecified atom stereocenters. The van der Waals surface area contributed by atoms with Crippen molar-refractivity contribution >= 4 is 5.69 Å². The van der Waals surface area contributed by atoms with Gasteiger partial charge in [0.05, 0.1) is 6.04 Å². The van der Waals surface area contributed by atoms with Crippen molar-refractivity contribution in [2.24, 2.45) is 5.73 Å². The van der Waals surface area contributed by atoms with Crippen LogP contribution in [0.15, 0.2) is 48.5 Å². The molecule has 18 heavy (non-hydrogen) atoms. The van der Waals surface area contributed by atoms with Crippen molar-refractivity contribution in [3.05, 3.63) is 65.5 Å². The van der Waals surface area contributed by atoms with Crippen molar-refractivity contribution in [3.63, 3.8) is 0 Å². The summed E-state index contributed by atoms with van der Waals surface area (Å²) >= 11 is 0. The van der Waals surface area contributed by atoms with Crippen molar-refractivity contribution < 1.29 is 4.39 Å². The van der Waals surface area contributed by atoms with Crippen molar-refractivity contribution in [3.8, 4) is 0 Å². The highest BCUT2D eigenvalue weighted by molar-refractivity contribution is 5.47. The van der Waals surface area contributed by atoms with Crippen molar-refractivity contribution in [1.82, 2.24) is 0 Å². The molecule has 94 valence electrons. The van der Waals surface area contributed by atoms with Gasteiger partial charge < -0.3 is 11.1 Å². The van der Waals surface area contributed by atoms with Crippen LogP contribution < -0.4 is 11.1 Å². The van der Waals surface area contributed by atoms with Crippen LogP contribution in [0, 0.1) is 12.7 Å². The van der Waals surface area contributed by atoms with Crippen LogP contribution in [0.1, 0.15) is 17.2 Å². The normalized spacial score (nSPS) is 12.2. The summed E-state index contributed by atoms with van der Waals surface area (Å²) in [7, 11) is 0. The first-order chi connectivity index (χ1) is 8.70. The molecule has 0 radical (unpaired) electrons. The van der Waals surface area contributed by atoms with Crippen LogP contribution in [0.4, 0.5) is 10.1 Å². The highest BCUT2D eigenvalue weighted by Gasteiger charge is 2.13. The lowest BCUT2D eigenvalue weighted by atomic mass is 10.1. The Balaban J connectivity index is 2.20. The molecule has 0 spiro atoms. The van der Waals surface area contributed by atoms with Gasteiger partial charge in [-0.3, -0.25) is 0 Å². The summed E-state index contributed by atoms with van der Waals surface area (Å²) in [6.07, 6.45) is 0. The van der Waals surface area contributed by atoms with Gasteiger partial charge in [-0.25, -0.2) is 4.39 Å². The minimum absolute atomic E-state index is 0.214. The predicted molar refractivity (Wildman–Crippen MR) is 73.0 cm³/mol. The first-order valence-corrected chi connectivity index (χ1v) is 5.98. The molecule has 0 aliphatic rings. The van der Waals surface area contributed by atoms with E-state index < -0.39 is 0 Å². The SMILES string of the molecule is Cc1ccc(NC(CN)c2ccccc2F)cc1. The molecule has 0 fully saturated rings. The molecule has 2 rings (SSSR count). The molecule has 0 amide bonds. The van der Waals surface area contributed by atoms with Gasteiger partial charge in [0.15, 0.2) is 0 Å². The average molecular weight is 244 g/mol. The van der Waals surface area contributed by atoms with E-state index in [4.69, 9.17) is 5.73 Å². The fourth-order valence-electron chi connectivity index (χ4n) is 1.87. The highest BCUT2D eigenvalue weighted by Crippen LogP contribution is 2.21. The number of hydrogen-bond acceptors (Lipinski definition) is 2. The zero-order valence-corrected chi connectivity index (χ0v) is 10.4. The van der Waals surface area contributed by atoms with Crippen molar-refractivity contribution in [1.29, 1.82) is 0 Å². The third-order valence-electron chi connectivity index (χ3n) is 2.91. The second kappa shape index (κ2) is 5.65. The molecular weight excluding hydrogens is 227 g/mol. The maximum absolute atomic E-state index is 13.7. The summed E-state index contributed by atoms with van der Waals surface area (Å²) in [5.74, 6) is -0.229. The molecule has 3 N–H and O–H groups in total. The second-order valence-electron chi connectivity index (χ2n) is 4.32. The maximum Gasteiger partial charge on any atom is 0.128 e. The maximum atomic E-state index is 13.7. The van der Waals surface area contributed by atoms with Crippen LogP contribution in [0.3, 0.4) is 0 Å². The van der Waals surface area contributed by atoms with Gasteiger partial charge in [-0.05, 0) is 25.1 Å². The first-order valence-electron chi connectivity index (χ1n) is 5.98. The number of aryl methyl sites for hydroxylation is 1. The number of benzene rings is 2. The fraction of sp³-hybridized carbons (Fsp3) is 0.200. The lowest BCUT2D eigenvalue weighted by Gasteiger charge is -2.19. The number of anilines is 1. The van der Waals surface area contributed by atoms with Gasteiger partial charge in [0.2, 0.25) is 0 Å². The van der Waals surface area contributed by atoms with E-state index in [2.05, 4.69) is 5.32 Å². The van der Waals surface area contributed by atoms with Crippen LogP contribution in [0.2, 0.25) is 0 Å². The topological polar surface area (TPSA) is 38.0 Å². The third kappa shape index (κ3) is 2.87. The summed E-state index contributed by atoms with van der Waals surface area (Å²) in [5, 5.41) is 3.25. The number of hydrogen-bond donors (Lipinski definition) is 2. The Kier molecular flexibility index (Phi) is 3.95. The van der Waals surface area contributed by atoms with Gasteiger partial charge in [0.25, 0.3) is 0 Å². The lowest BCUT2D eigenvalue weighted by molar-refractivity contribution is 0.593. The Morgan fingerprint density at radius 2 is 1.78 bits per heavy atom. The Labute approximate surface area is 107 Å². The van der Waals surface area contributed by atoms with E-state index in [9.17, 15) is 4.39 Å². The van der Waals surface area contributed by atoms with Gasteiger partial charge in [-0.1, -0.05) is 35.9 Å². The predicted octanol–water partition coefficient (Wildman–Crippen LogP) is 3.25. The van der Waals surface area contributed by atoms with Gasteiger partial charge >= 0.3 is 0 Å². The number of nitrogens with two attached hydrogens (primary N) is 1. The lowest BCUT2D eigenvalue weighted by Crippen LogP contribution is -2.21. The molecule has 2 aromatic rings. The molecule has 0 saturated heterocycles. The van der Waals surface area contributed by atoms with Crippen molar-refractivity contribution in [2.75, 3.05) is 11.9 Å². The standard InChI is InChI=1S/C15H17FN2/c1-11-6-8-12(9-7-11)18-15(10-17)13-4-2-3-5-14(13)16/h2-9,15,18H,10,17H2,1H3. The molecule has 0 aromatic heterocycles. The molecule has 0 heterocycles. The zero-order valence-electron chi connectivity index (χ0n) is 10.4. The molecule has 0 bridgehead atoms. The van der Waals surface area contributed by atoms with Crippen LogP contribution in [-0.2, 0) is 0 Å². The molecule has 2 aromatic carbocycles. The molecule has 0 saturated carbocycles. The van der Waals surface area contributed by atoms with Gasteiger partial charge in [-0.2, -0.15) is 0 Å². The average Bonchev–Trinajstić information content (AvgIpc) is 2.39. The monoisotopic (exact) mass is 244 g/mol. The van der Waals surface area contributed by atoms with Crippen LogP contribution >= 0.6 is 0 Å². The molecular formula is C15H17FN2. The van der Waals surface area contributed by atoms with Gasteiger partial charge in [-0.15, -0.1) is 0 Å². The summed E-state index contributed by atoms with van der Waals surface area (Å²) in [4.78, 5) is 0. The van der Waals surface area contributed by atoms with Crippen LogP contribution in [0.25, 0.3) is 0 Å². The van der Waals surface area contributed by atoms with E-state index in [-0.39, 0.29) is 11.9 Å². The van der Waals surface area contributed by atoms with E-state index in [1.54, 1.807) is 12.1 Å². The third-order valence-corrected chi connectivity index (χ3v) is 2.91. The minimum atomic E-state index is -0.229. The van der Waals surface area contributed by atoms with Crippen molar-refractivity contribution in [2.45, 2.75) is 13.0 Å². The largest absolute Gasteiger partial charge is 0.377 e. The van der Waals surface area contributed by atoms with E-state index in [0.717, 1.165) is 5.69 Å². The minimum Gasteiger partial charge on any atom is -0.377 e. The summed E-state index contributed by atoms with van der Waals surface area (Å²) < 4.78 is 13.7. The summed E-state index contributed by atoms with van der Waals surface area (Å²) in [6.45, 7) is 2.37. The molecule has 0 aliphatic carbocycles. The number of rotatable bonds is 4. The Bertz CT molecular complexity index is 508. The van der Waals surface area contributed by atoms with E-state index in [1.165, 1.54) is 11.6 Å². The van der Waals surface area contributed by atoms with E-state index in [0.29, 0.717) is 12.1 Å². The Hall–Kier alpha value is -1.87. The highest BCUT2D eigenvalue weighted by atomic mass is 19.1. The van der Waals surface area contributed by atoms with Gasteiger partial charge in [0.1, 0.15) is 5.82 Å². The van der Waals surface area contributed by atoms with E-state index >= 15 is 0 Å². The second-order valence-corrected chi connectivity index (χ2v) is 4.32. The van der Waals surface area contributed by atoms with Crippen LogP contribution in [0.5, 0.6) is 0 Å². The number of halogens is 1. The number of nitrogens with one attached hydrogen (secondary N) is 1. The fourth-order valence-corrected chi connectivity index (χ4v) is 1.87. The Morgan fingerprint density at radius 1 is 1.11 bits per heavy atom. The van der Waals surface area contributed by atoms with Gasteiger partial charge in [0, 0.05) is 17.8 Å². The smallest absolute Gasteiger partial charge is 0.128 e. The quantitative estimate of drug-likeness (QED) is 0.866. The zero-order chi connectivity index (χ0) is 13.0. The van der Waals surface area contributed by atoms with Crippen LogP contribution in [-0.4, -0.2) is 6.54 Å².